The van der Waals surface area contributed by atoms with E-state index in [0.29, 0.717) is 17.0 Å². The standard InChI is InChI=1S/C22H22N2O2/c1-16-9-8-12-18(15-16)24-21(25)19(17-10-4-2-5-11-17)20(22(24)26)23-13-6-3-7-14-23/h2,4-5,8-12,15H,3,6-7,13-14H2,1H3. The Hall–Kier alpha value is -2.88. The van der Waals surface area contributed by atoms with Crippen LogP contribution in [0.3, 0.4) is 0 Å². The summed E-state index contributed by atoms with van der Waals surface area (Å²) in [6.45, 7) is 3.62. The highest BCUT2D eigenvalue weighted by Gasteiger charge is 2.42. The zero-order chi connectivity index (χ0) is 18.1. The third-order valence-corrected chi connectivity index (χ3v) is 5.05. The van der Waals surface area contributed by atoms with Gasteiger partial charge in [-0.25, -0.2) is 4.90 Å². The highest BCUT2D eigenvalue weighted by Crippen LogP contribution is 2.35. The molecule has 2 aliphatic rings. The van der Waals surface area contributed by atoms with E-state index >= 15 is 0 Å². The molecule has 2 heterocycles. The van der Waals surface area contributed by atoms with E-state index in [1.54, 1.807) is 0 Å². The lowest BCUT2D eigenvalue weighted by Crippen LogP contribution is -2.37. The summed E-state index contributed by atoms with van der Waals surface area (Å²) in [5.74, 6) is -0.436. The quantitative estimate of drug-likeness (QED) is 0.795. The van der Waals surface area contributed by atoms with Crippen molar-refractivity contribution < 1.29 is 9.59 Å². The van der Waals surface area contributed by atoms with Crippen LogP contribution in [0.2, 0.25) is 0 Å². The Kier molecular flexibility index (Phi) is 4.33. The molecule has 0 aliphatic carbocycles. The average molecular weight is 346 g/mol. The zero-order valence-corrected chi connectivity index (χ0v) is 14.9. The molecule has 0 unspecified atom stereocenters. The molecular formula is C22H22N2O2. The predicted molar refractivity (Wildman–Crippen MR) is 102 cm³/mol. The van der Waals surface area contributed by atoms with Gasteiger partial charge in [0, 0.05) is 13.1 Å². The molecule has 0 N–H and O–H groups in total. The van der Waals surface area contributed by atoms with Gasteiger partial charge in [0.25, 0.3) is 11.8 Å². The summed E-state index contributed by atoms with van der Waals surface area (Å²) in [4.78, 5) is 30.0. The Morgan fingerprint density at radius 3 is 2.23 bits per heavy atom. The highest BCUT2D eigenvalue weighted by molar-refractivity contribution is 6.45. The van der Waals surface area contributed by atoms with Crippen LogP contribution in [0.4, 0.5) is 5.69 Å². The summed E-state index contributed by atoms with van der Waals surface area (Å²) < 4.78 is 0. The van der Waals surface area contributed by atoms with Crippen LogP contribution in [0.15, 0.2) is 60.3 Å². The fourth-order valence-corrected chi connectivity index (χ4v) is 3.80. The van der Waals surface area contributed by atoms with Gasteiger partial charge < -0.3 is 4.90 Å². The Morgan fingerprint density at radius 1 is 0.808 bits per heavy atom. The van der Waals surface area contributed by atoms with Crippen molar-refractivity contribution in [2.24, 2.45) is 0 Å². The van der Waals surface area contributed by atoms with Crippen LogP contribution in [0.1, 0.15) is 30.4 Å². The van der Waals surface area contributed by atoms with Gasteiger partial charge in [0.15, 0.2) is 0 Å². The molecule has 2 aromatic rings. The van der Waals surface area contributed by atoms with Crippen LogP contribution in [-0.4, -0.2) is 29.8 Å². The SMILES string of the molecule is Cc1cccc(N2C(=O)C(c3ccccc3)=C(N3CCCCC3)C2=O)c1. The molecule has 4 heteroatoms. The van der Waals surface area contributed by atoms with Gasteiger partial charge in [0.1, 0.15) is 5.70 Å². The van der Waals surface area contributed by atoms with Crippen LogP contribution >= 0.6 is 0 Å². The molecule has 0 spiro atoms. The minimum absolute atomic E-state index is 0.207. The van der Waals surface area contributed by atoms with Crippen molar-refractivity contribution in [3.05, 3.63) is 71.4 Å². The van der Waals surface area contributed by atoms with Crippen molar-refractivity contribution >= 4 is 23.1 Å². The number of amides is 2. The van der Waals surface area contributed by atoms with E-state index in [9.17, 15) is 9.59 Å². The summed E-state index contributed by atoms with van der Waals surface area (Å²) >= 11 is 0. The number of aryl methyl sites for hydroxylation is 1. The molecule has 0 atom stereocenters. The van der Waals surface area contributed by atoms with E-state index in [1.165, 1.54) is 11.3 Å². The van der Waals surface area contributed by atoms with E-state index in [-0.39, 0.29) is 11.8 Å². The van der Waals surface area contributed by atoms with Gasteiger partial charge in [-0.2, -0.15) is 0 Å². The molecule has 4 rings (SSSR count). The number of rotatable bonds is 3. The van der Waals surface area contributed by atoms with E-state index in [2.05, 4.69) is 4.90 Å². The first-order chi connectivity index (χ1) is 12.7. The molecule has 4 nitrogen and oxygen atoms in total. The smallest absolute Gasteiger partial charge is 0.282 e. The number of hydrogen-bond donors (Lipinski definition) is 0. The van der Waals surface area contributed by atoms with Crippen LogP contribution in [-0.2, 0) is 9.59 Å². The van der Waals surface area contributed by atoms with Crippen molar-refractivity contribution in [2.45, 2.75) is 26.2 Å². The third kappa shape index (κ3) is 2.81. The molecule has 0 bridgehead atoms. The monoisotopic (exact) mass is 346 g/mol. The molecule has 1 fully saturated rings. The Morgan fingerprint density at radius 2 is 1.54 bits per heavy atom. The summed E-state index contributed by atoms with van der Waals surface area (Å²) in [6, 6.07) is 17.1. The predicted octanol–water partition coefficient (Wildman–Crippen LogP) is 3.77. The topological polar surface area (TPSA) is 40.6 Å². The van der Waals surface area contributed by atoms with Gasteiger partial charge in [-0.05, 0) is 49.4 Å². The number of carbonyl (C=O) groups is 2. The van der Waals surface area contributed by atoms with Gasteiger partial charge in [0.05, 0.1) is 11.3 Å². The summed E-state index contributed by atoms with van der Waals surface area (Å²) in [7, 11) is 0. The minimum atomic E-state index is -0.229. The fourth-order valence-electron chi connectivity index (χ4n) is 3.80. The van der Waals surface area contributed by atoms with Crippen LogP contribution in [0.5, 0.6) is 0 Å². The van der Waals surface area contributed by atoms with Gasteiger partial charge >= 0.3 is 0 Å². The average Bonchev–Trinajstić information content (AvgIpc) is 2.93. The zero-order valence-electron chi connectivity index (χ0n) is 14.9. The number of hydrogen-bond acceptors (Lipinski definition) is 3. The van der Waals surface area contributed by atoms with Crippen LogP contribution in [0.25, 0.3) is 5.57 Å². The maximum absolute atomic E-state index is 13.3. The number of nitrogens with zero attached hydrogens (tertiary/aromatic N) is 2. The molecule has 132 valence electrons. The Labute approximate surface area is 153 Å². The highest BCUT2D eigenvalue weighted by atomic mass is 16.2. The minimum Gasteiger partial charge on any atom is -0.366 e. The maximum atomic E-state index is 13.3. The van der Waals surface area contributed by atoms with Crippen molar-refractivity contribution in [3.63, 3.8) is 0 Å². The van der Waals surface area contributed by atoms with Crippen molar-refractivity contribution in [2.75, 3.05) is 18.0 Å². The lowest BCUT2D eigenvalue weighted by Gasteiger charge is -2.29. The van der Waals surface area contributed by atoms with Crippen LogP contribution in [0, 0.1) is 6.92 Å². The molecule has 0 saturated carbocycles. The molecule has 2 aromatic carbocycles. The normalized spacial score (nSPS) is 18.0. The lowest BCUT2D eigenvalue weighted by atomic mass is 10.0. The van der Waals surface area contributed by atoms with Crippen molar-refractivity contribution in [1.82, 2.24) is 4.90 Å². The van der Waals surface area contributed by atoms with Gasteiger partial charge in [-0.15, -0.1) is 0 Å². The first kappa shape index (κ1) is 16.6. The molecule has 2 aliphatic heterocycles. The van der Waals surface area contributed by atoms with E-state index < -0.39 is 0 Å². The summed E-state index contributed by atoms with van der Waals surface area (Å²) in [5.41, 5.74) is 3.55. The second-order valence-corrected chi connectivity index (χ2v) is 6.92. The number of imide groups is 1. The summed E-state index contributed by atoms with van der Waals surface area (Å²) in [5, 5.41) is 0. The largest absolute Gasteiger partial charge is 0.366 e. The number of benzene rings is 2. The van der Waals surface area contributed by atoms with Crippen molar-refractivity contribution in [3.8, 4) is 0 Å². The van der Waals surface area contributed by atoms with Crippen LogP contribution < -0.4 is 4.90 Å². The maximum Gasteiger partial charge on any atom is 0.282 e. The lowest BCUT2D eigenvalue weighted by molar-refractivity contribution is -0.120. The van der Waals surface area contributed by atoms with E-state index in [0.717, 1.165) is 37.1 Å². The second-order valence-electron chi connectivity index (χ2n) is 6.92. The molecule has 0 aromatic heterocycles. The Balaban J connectivity index is 1.83. The van der Waals surface area contributed by atoms with Gasteiger partial charge in [-0.1, -0.05) is 42.5 Å². The molecule has 1 saturated heterocycles. The van der Waals surface area contributed by atoms with Gasteiger partial charge in [0.2, 0.25) is 0 Å². The molecular weight excluding hydrogens is 324 g/mol. The van der Waals surface area contributed by atoms with E-state index in [4.69, 9.17) is 0 Å². The first-order valence-electron chi connectivity index (χ1n) is 9.17. The van der Waals surface area contributed by atoms with Crippen molar-refractivity contribution in [1.29, 1.82) is 0 Å². The fraction of sp³-hybridized carbons (Fsp3) is 0.273. The molecule has 0 radical (unpaired) electrons. The number of likely N-dealkylation sites (tertiary alicyclic amines) is 1. The first-order valence-corrected chi connectivity index (χ1v) is 9.17. The Bertz CT molecular complexity index is 880. The second kappa shape index (κ2) is 6.79. The number of carbonyl (C=O) groups excluding carboxylic acids is 2. The van der Waals surface area contributed by atoms with E-state index in [1.807, 2.05) is 61.5 Å². The molecule has 26 heavy (non-hydrogen) atoms. The van der Waals surface area contributed by atoms with Gasteiger partial charge in [-0.3, -0.25) is 9.59 Å². The molecule has 2 amide bonds. The number of piperidine rings is 1. The number of anilines is 1. The third-order valence-electron chi connectivity index (χ3n) is 5.05. The summed E-state index contributed by atoms with van der Waals surface area (Å²) in [6.07, 6.45) is 3.28.